The van der Waals surface area contributed by atoms with Gasteiger partial charge in [0.05, 0.1) is 0 Å². The van der Waals surface area contributed by atoms with Gasteiger partial charge < -0.3 is 5.32 Å². The van der Waals surface area contributed by atoms with E-state index in [2.05, 4.69) is 85.0 Å². The van der Waals surface area contributed by atoms with Crippen molar-refractivity contribution in [3.63, 3.8) is 0 Å². The molecule has 112 valence electrons. The lowest BCUT2D eigenvalue weighted by atomic mass is 9.58. The van der Waals surface area contributed by atoms with Crippen molar-refractivity contribution >= 4 is 5.69 Å². The zero-order valence-electron chi connectivity index (χ0n) is 14.5. The molecule has 1 aromatic rings. The average molecular weight is 273 g/mol. The molecule has 1 nitrogen and oxygen atoms in total. The molecule has 0 amide bonds. The molecule has 0 fully saturated rings. The maximum absolute atomic E-state index is 3.84. The summed E-state index contributed by atoms with van der Waals surface area (Å²) in [5, 5.41) is 3.84. The second-order valence-corrected chi connectivity index (χ2v) is 9.10. The average Bonchev–Trinajstić information content (AvgIpc) is 2.48. The quantitative estimate of drug-likeness (QED) is 0.715. The summed E-state index contributed by atoms with van der Waals surface area (Å²) >= 11 is 0. The molecule has 2 rings (SSSR count). The van der Waals surface area contributed by atoms with Gasteiger partial charge in [0.1, 0.15) is 0 Å². The van der Waals surface area contributed by atoms with Crippen molar-refractivity contribution in [2.45, 2.75) is 66.8 Å². The van der Waals surface area contributed by atoms with E-state index >= 15 is 0 Å². The van der Waals surface area contributed by atoms with Gasteiger partial charge in [-0.05, 0) is 28.4 Å². The molecule has 1 heteroatoms. The van der Waals surface area contributed by atoms with E-state index in [1.807, 2.05) is 0 Å². The minimum atomic E-state index is 0.168. The number of hydrogen-bond donors (Lipinski definition) is 1. The summed E-state index contributed by atoms with van der Waals surface area (Å²) in [4.78, 5) is 0. The van der Waals surface area contributed by atoms with E-state index in [4.69, 9.17) is 0 Å². The molecule has 0 spiro atoms. The number of benzene rings is 1. The lowest BCUT2D eigenvalue weighted by Gasteiger charge is -2.48. The monoisotopic (exact) mass is 273 g/mol. The summed E-state index contributed by atoms with van der Waals surface area (Å²) in [6.07, 6.45) is 0. The van der Waals surface area contributed by atoms with Gasteiger partial charge in [-0.2, -0.15) is 0 Å². The van der Waals surface area contributed by atoms with E-state index in [1.165, 1.54) is 11.3 Å². The number of hydrogen-bond acceptors (Lipinski definition) is 1. The topological polar surface area (TPSA) is 12.0 Å². The normalized spacial score (nSPS) is 21.8. The predicted molar refractivity (Wildman–Crippen MR) is 89.3 cm³/mol. The lowest BCUT2D eigenvalue weighted by molar-refractivity contribution is 0.0622. The van der Waals surface area contributed by atoms with Crippen molar-refractivity contribution in [1.29, 1.82) is 0 Å². The fraction of sp³-hybridized carbons (Fsp3) is 0.684. The molecule has 0 aromatic heterocycles. The Morgan fingerprint density at radius 2 is 1.45 bits per heavy atom. The van der Waals surface area contributed by atoms with Crippen LogP contribution in [0, 0.1) is 16.7 Å². The van der Waals surface area contributed by atoms with Crippen LogP contribution in [0.5, 0.6) is 0 Å². The third kappa shape index (κ3) is 2.47. The molecule has 0 radical (unpaired) electrons. The molecule has 1 heterocycles. The SMILES string of the molecule is CC(C)(C)C(C1Nc2ccccc2C1(C)C)C(C)(C)C. The smallest absolute Gasteiger partial charge is 0.0391 e. The number of fused-ring (bicyclic) bond motifs is 1. The van der Waals surface area contributed by atoms with Crippen molar-refractivity contribution in [3.05, 3.63) is 29.8 Å². The first kappa shape index (κ1) is 15.4. The Labute approximate surface area is 125 Å². The van der Waals surface area contributed by atoms with E-state index in [1.54, 1.807) is 0 Å². The molecule has 1 N–H and O–H groups in total. The lowest BCUT2D eigenvalue weighted by Crippen LogP contribution is -2.50. The summed E-state index contributed by atoms with van der Waals surface area (Å²) in [7, 11) is 0. The van der Waals surface area contributed by atoms with Gasteiger partial charge in [0.2, 0.25) is 0 Å². The Balaban J connectivity index is 2.49. The first-order valence-corrected chi connectivity index (χ1v) is 7.82. The Morgan fingerprint density at radius 1 is 0.950 bits per heavy atom. The van der Waals surface area contributed by atoms with Crippen molar-refractivity contribution in [1.82, 2.24) is 0 Å². The highest BCUT2D eigenvalue weighted by Gasteiger charge is 2.50. The molecule has 0 aliphatic carbocycles. The number of rotatable bonds is 1. The standard InChI is InChI=1S/C19H31N/c1-17(2,3)15(18(4,5)6)16-19(7,8)13-11-9-10-12-14(13)20-16/h9-12,15-16,20H,1-8H3. The first-order chi connectivity index (χ1) is 8.95. The van der Waals surface area contributed by atoms with Crippen LogP contribution in [0.1, 0.15) is 61.0 Å². The zero-order valence-corrected chi connectivity index (χ0v) is 14.5. The van der Waals surface area contributed by atoms with Gasteiger partial charge in [0.25, 0.3) is 0 Å². The van der Waals surface area contributed by atoms with Crippen molar-refractivity contribution < 1.29 is 0 Å². The van der Waals surface area contributed by atoms with Crippen LogP contribution in [0.4, 0.5) is 5.69 Å². The van der Waals surface area contributed by atoms with E-state index in [9.17, 15) is 0 Å². The summed E-state index contributed by atoms with van der Waals surface area (Å²) in [5.41, 5.74) is 3.50. The number of anilines is 1. The first-order valence-electron chi connectivity index (χ1n) is 7.82. The molecule has 1 unspecified atom stereocenters. The molecule has 1 aliphatic heterocycles. The van der Waals surface area contributed by atoms with Crippen LogP contribution < -0.4 is 5.32 Å². The van der Waals surface area contributed by atoms with Crippen LogP contribution in [0.25, 0.3) is 0 Å². The summed E-state index contributed by atoms with van der Waals surface area (Å²) in [6.45, 7) is 19.1. The summed E-state index contributed by atoms with van der Waals surface area (Å²) in [6, 6.07) is 9.27. The van der Waals surface area contributed by atoms with Gasteiger partial charge in [0.15, 0.2) is 0 Å². The Hall–Kier alpha value is -0.980. The van der Waals surface area contributed by atoms with Crippen LogP contribution in [-0.2, 0) is 5.41 Å². The van der Waals surface area contributed by atoms with Crippen LogP contribution in [0.15, 0.2) is 24.3 Å². The summed E-state index contributed by atoms with van der Waals surface area (Å²) < 4.78 is 0. The Bertz CT molecular complexity index is 471. The Morgan fingerprint density at radius 3 is 1.90 bits per heavy atom. The molecule has 1 aliphatic rings. The molecular weight excluding hydrogens is 242 g/mol. The fourth-order valence-electron chi connectivity index (χ4n) is 4.49. The van der Waals surface area contributed by atoms with Gasteiger partial charge in [-0.3, -0.25) is 0 Å². The highest BCUT2D eigenvalue weighted by Crippen LogP contribution is 2.52. The molecule has 1 aromatic carbocycles. The fourth-order valence-corrected chi connectivity index (χ4v) is 4.49. The highest BCUT2D eigenvalue weighted by molar-refractivity contribution is 5.61. The van der Waals surface area contributed by atoms with Crippen LogP contribution >= 0.6 is 0 Å². The highest BCUT2D eigenvalue weighted by atomic mass is 15.0. The maximum Gasteiger partial charge on any atom is 0.0391 e. The molecule has 0 saturated heterocycles. The second kappa shape index (κ2) is 4.51. The molecule has 0 bridgehead atoms. The van der Waals surface area contributed by atoms with Crippen LogP contribution in [-0.4, -0.2) is 6.04 Å². The molecular formula is C19H31N. The number of nitrogens with one attached hydrogen (secondary N) is 1. The third-order valence-corrected chi connectivity index (χ3v) is 4.91. The van der Waals surface area contributed by atoms with E-state index in [0.717, 1.165) is 0 Å². The van der Waals surface area contributed by atoms with E-state index in [0.29, 0.717) is 12.0 Å². The van der Waals surface area contributed by atoms with Crippen molar-refractivity contribution in [2.75, 3.05) is 5.32 Å². The van der Waals surface area contributed by atoms with Gasteiger partial charge >= 0.3 is 0 Å². The van der Waals surface area contributed by atoms with Crippen molar-refractivity contribution in [3.8, 4) is 0 Å². The molecule has 20 heavy (non-hydrogen) atoms. The van der Waals surface area contributed by atoms with Crippen LogP contribution in [0.3, 0.4) is 0 Å². The predicted octanol–water partition coefficient (Wildman–Crippen LogP) is 5.47. The van der Waals surface area contributed by atoms with E-state index in [-0.39, 0.29) is 16.2 Å². The number of para-hydroxylation sites is 1. The second-order valence-electron chi connectivity index (χ2n) is 9.10. The van der Waals surface area contributed by atoms with Gasteiger partial charge in [-0.1, -0.05) is 73.6 Å². The third-order valence-electron chi connectivity index (χ3n) is 4.91. The largest absolute Gasteiger partial charge is 0.381 e. The minimum Gasteiger partial charge on any atom is -0.381 e. The van der Waals surface area contributed by atoms with Gasteiger partial charge in [-0.25, -0.2) is 0 Å². The van der Waals surface area contributed by atoms with E-state index < -0.39 is 0 Å². The summed E-state index contributed by atoms with van der Waals surface area (Å²) in [5.74, 6) is 0.595. The minimum absolute atomic E-state index is 0.168. The maximum atomic E-state index is 3.84. The zero-order chi connectivity index (χ0) is 15.3. The molecule has 1 atom stereocenters. The van der Waals surface area contributed by atoms with Gasteiger partial charge in [-0.15, -0.1) is 0 Å². The molecule has 0 saturated carbocycles. The van der Waals surface area contributed by atoms with Crippen LogP contribution in [0.2, 0.25) is 0 Å². The Kier molecular flexibility index (Phi) is 3.48. The van der Waals surface area contributed by atoms with Crippen molar-refractivity contribution in [2.24, 2.45) is 16.7 Å². The van der Waals surface area contributed by atoms with Gasteiger partial charge in [0, 0.05) is 17.1 Å².